The Labute approximate surface area is 185 Å². The van der Waals surface area contributed by atoms with Crippen LogP contribution in [0.4, 0.5) is 0 Å². The monoisotopic (exact) mass is 432 g/mol. The molecule has 0 fully saturated rings. The first kappa shape index (κ1) is 21.5. The predicted octanol–water partition coefficient (Wildman–Crippen LogP) is 3.82. The molecular formula is C25H24N2O5. The van der Waals surface area contributed by atoms with E-state index < -0.39 is 11.6 Å². The van der Waals surface area contributed by atoms with Gasteiger partial charge >= 0.3 is 11.6 Å². The van der Waals surface area contributed by atoms with Crippen LogP contribution in [0.15, 0.2) is 68.9 Å². The number of benzene rings is 2. The Morgan fingerprint density at radius 3 is 2.69 bits per heavy atom. The fourth-order valence-electron chi connectivity index (χ4n) is 3.65. The molecule has 0 atom stereocenters. The first-order chi connectivity index (χ1) is 15.5. The maximum atomic E-state index is 12.4. The molecule has 1 aromatic heterocycles. The Morgan fingerprint density at radius 1 is 1.09 bits per heavy atom. The molecule has 0 radical (unpaired) electrons. The lowest BCUT2D eigenvalue weighted by molar-refractivity contribution is -0.147. The number of hydrazone groups is 1. The van der Waals surface area contributed by atoms with Gasteiger partial charge in [0.15, 0.2) is 0 Å². The maximum Gasteiger partial charge on any atom is 0.336 e. The Hall–Kier alpha value is -3.74. The summed E-state index contributed by atoms with van der Waals surface area (Å²) in [5.41, 5.74) is 3.46. The zero-order chi connectivity index (χ0) is 22.5. The molecule has 2 heterocycles. The maximum absolute atomic E-state index is 12.4. The molecule has 1 aliphatic rings. The van der Waals surface area contributed by atoms with E-state index in [0.717, 1.165) is 28.6 Å². The van der Waals surface area contributed by atoms with E-state index in [1.807, 2.05) is 55.5 Å². The van der Waals surface area contributed by atoms with E-state index >= 15 is 0 Å². The SMILES string of the molecule is CCc1ccc2c(COC(=O)CCC(=O)N3CCC(c4ccccc4)=N3)cc(=O)oc2c1. The van der Waals surface area contributed by atoms with E-state index in [2.05, 4.69) is 5.10 Å². The van der Waals surface area contributed by atoms with Crippen LogP contribution in [0.1, 0.15) is 42.9 Å². The van der Waals surface area contributed by atoms with Crippen molar-refractivity contribution in [2.45, 2.75) is 39.2 Å². The zero-order valence-corrected chi connectivity index (χ0v) is 17.9. The third-order valence-corrected chi connectivity index (χ3v) is 5.43. The highest BCUT2D eigenvalue weighted by Crippen LogP contribution is 2.20. The summed E-state index contributed by atoms with van der Waals surface area (Å²) in [7, 11) is 0. The molecule has 0 spiro atoms. The van der Waals surface area contributed by atoms with Gasteiger partial charge < -0.3 is 9.15 Å². The molecule has 0 saturated heterocycles. The first-order valence-corrected chi connectivity index (χ1v) is 10.7. The third kappa shape index (κ3) is 4.94. The number of hydrogen-bond acceptors (Lipinski definition) is 6. The van der Waals surface area contributed by atoms with E-state index in [4.69, 9.17) is 9.15 Å². The molecule has 2 aromatic carbocycles. The van der Waals surface area contributed by atoms with Crippen molar-refractivity contribution in [3.8, 4) is 0 Å². The van der Waals surface area contributed by atoms with E-state index in [0.29, 0.717) is 24.1 Å². The van der Waals surface area contributed by atoms with E-state index in [9.17, 15) is 14.4 Å². The summed E-state index contributed by atoms with van der Waals surface area (Å²) in [5.74, 6) is -0.720. The molecule has 7 heteroatoms. The molecule has 1 aliphatic heterocycles. The largest absolute Gasteiger partial charge is 0.461 e. The Morgan fingerprint density at radius 2 is 1.91 bits per heavy atom. The molecule has 0 saturated carbocycles. The summed E-state index contributed by atoms with van der Waals surface area (Å²) < 4.78 is 10.6. The van der Waals surface area contributed by atoms with Gasteiger partial charge in [-0.1, -0.05) is 49.4 Å². The average molecular weight is 432 g/mol. The Balaban J connectivity index is 1.33. The van der Waals surface area contributed by atoms with E-state index in [1.54, 1.807) is 0 Å². The molecule has 0 N–H and O–H groups in total. The average Bonchev–Trinajstić information content (AvgIpc) is 3.31. The number of carbonyl (C=O) groups excluding carboxylic acids is 2. The van der Waals surface area contributed by atoms with Crippen LogP contribution < -0.4 is 5.63 Å². The van der Waals surface area contributed by atoms with Crippen molar-refractivity contribution in [3.63, 3.8) is 0 Å². The van der Waals surface area contributed by atoms with Crippen molar-refractivity contribution in [2.24, 2.45) is 5.10 Å². The van der Waals surface area contributed by atoms with Crippen molar-refractivity contribution in [3.05, 3.63) is 81.7 Å². The van der Waals surface area contributed by atoms with Gasteiger partial charge in [-0.25, -0.2) is 9.80 Å². The lowest BCUT2D eigenvalue weighted by Crippen LogP contribution is -2.24. The van der Waals surface area contributed by atoms with Crippen molar-refractivity contribution in [2.75, 3.05) is 6.54 Å². The van der Waals surface area contributed by atoms with Crippen molar-refractivity contribution in [1.82, 2.24) is 5.01 Å². The molecule has 32 heavy (non-hydrogen) atoms. The molecule has 1 amide bonds. The molecule has 0 aliphatic carbocycles. The summed E-state index contributed by atoms with van der Waals surface area (Å²) >= 11 is 0. The fourth-order valence-corrected chi connectivity index (χ4v) is 3.65. The van der Waals surface area contributed by atoms with Gasteiger partial charge in [0.1, 0.15) is 12.2 Å². The zero-order valence-electron chi connectivity index (χ0n) is 17.9. The quantitative estimate of drug-likeness (QED) is 0.418. The van der Waals surface area contributed by atoms with Gasteiger partial charge in [-0.3, -0.25) is 9.59 Å². The minimum Gasteiger partial charge on any atom is -0.461 e. The molecule has 7 nitrogen and oxygen atoms in total. The van der Waals surface area contributed by atoms with Crippen molar-refractivity contribution < 1.29 is 18.7 Å². The second kappa shape index (κ2) is 9.60. The first-order valence-electron chi connectivity index (χ1n) is 10.7. The number of carbonyl (C=O) groups is 2. The van der Waals surface area contributed by atoms with Gasteiger partial charge in [0, 0.05) is 29.9 Å². The molecule has 0 bridgehead atoms. The third-order valence-electron chi connectivity index (χ3n) is 5.43. The minimum atomic E-state index is -0.503. The van der Waals surface area contributed by atoms with Crippen LogP contribution in [0, 0.1) is 0 Å². The minimum absolute atomic E-state index is 0.0158. The highest BCUT2D eigenvalue weighted by atomic mass is 16.5. The summed E-state index contributed by atoms with van der Waals surface area (Å²) in [4.78, 5) is 36.5. The Kier molecular flexibility index (Phi) is 6.44. The Bertz CT molecular complexity index is 1230. The number of fused-ring (bicyclic) bond motifs is 1. The lowest BCUT2D eigenvalue weighted by atomic mass is 10.1. The van der Waals surface area contributed by atoms with Crippen LogP contribution in [0.3, 0.4) is 0 Å². The highest BCUT2D eigenvalue weighted by molar-refractivity contribution is 6.02. The van der Waals surface area contributed by atoms with Crippen LogP contribution in [-0.2, 0) is 27.4 Å². The molecule has 0 unspecified atom stereocenters. The van der Waals surface area contributed by atoms with Crippen LogP contribution >= 0.6 is 0 Å². The topological polar surface area (TPSA) is 89.2 Å². The number of amides is 1. The molecular weight excluding hydrogens is 408 g/mol. The van der Waals surface area contributed by atoms with Crippen LogP contribution in [0.25, 0.3) is 11.0 Å². The van der Waals surface area contributed by atoms with Crippen LogP contribution in [0.5, 0.6) is 0 Å². The number of hydrogen-bond donors (Lipinski definition) is 0. The van der Waals surface area contributed by atoms with Gasteiger partial charge in [-0.05, 0) is 23.6 Å². The van der Waals surface area contributed by atoms with Gasteiger partial charge in [0.05, 0.1) is 18.7 Å². The lowest BCUT2D eigenvalue weighted by Gasteiger charge is -2.11. The van der Waals surface area contributed by atoms with Crippen molar-refractivity contribution >= 4 is 28.6 Å². The number of ether oxygens (including phenoxy) is 1. The number of nitrogens with zero attached hydrogens (tertiary/aromatic N) is 2. The standard InChI is InChI=1S/C25H24N2O5/c1-2-17-8-9-20-19(15-25(30)32-22(20)14-17)16-31-24(29)11-10-23(28)27-13-12-21(26-27)18-6-4-3-5-7-18/h3-9,14-15H,2,10-13,16H2,1H3. The number of rotatable bonds is 7. The molecule has 4 rings (SSSR count). The normalized spacial score (nSPS) is 13.3. The van der Waals surface area contributed by atoms with E-state index in [-0.39, 0.29) is 25.4 Å². The summed E-state index contributed by atoms with van der Waals surface area (Å²) in [6.45, 7) is 2.46. The summed E-state index contributed by atoms with van der Waals surface area (Å²) in [6, 6.07) is 16.7. The fraction of sp³-hybridized carbons (Fsp3) is 0.280. The molecule has 164 valence electrons. The summed E-state index contributed by atoms with van der Waals surface area (Å²) in [6.07, 6.45) is 1.47. The number of esters is 1. The predicted molar refractivity (Wildman–Crippen MR) is 120 cm³/mol. The second-order valence-corrected chi connectivity index (χ2v) is 7.62. The summed E-state index contributed by atoms with van der Waals surface area (Å²) in [5, 5.41) is 6.53. The second-order valence-electron chi connectivity index (χ2n) is 7.62. The highest BCUT2D eigenvalue weighted by Gasteiger charge is 2.22. The van der Waals surface area contributed by atoms with E-state index in [1.165, 1.54) is 11.1 Å². The van der Waals surface area contributed by atoms with Crippen LogP contribution in [-0.4, -0.2) is 29.1 Å². The smallest absolute Gasteiger partial charge is 0.336 e. The van der Waals surface area contributed by atoms with Crippen molar-refractivity contribution in [1.29, 1.82) is 0 Å². The van der Waals surface area contributed by atoms with Gasteiger partial charge in [0.25, 0.3) is 0 Å². The van der Waals surface area contributed by atoms with Gasteiger partial charge in [-0.15, -0.1) is 0 Å². The van der Waals surface area contributed by atoms with Gasteiger partial charge in [0.2, 0.25) is 5.91 Å². The number of aryl methyl sites for hydroxylation is 1. The molecule has 3 aromatic rings. The van der Waals surface area contributed by atoms with Crippen LogP contribution in [0.2, 0.25) is 0 Å². The van der Waals surface area contributed by atoms with Gasteiger partial charge in [-0.2, -0.15) is 5.10 Å².